The first-order valence-electron chi connectivity index (χ1n) is 9.05. The topological polar surface area (TPSA) is 75.3 Å². The zero-order valence-corrected chi connectivity index (χ0v) is 16.9. The highest BCUT2D eigenvalue weighted by atomic mass is 79.9. The molecule has 4 heterocycles. The molecule has 0 saturated heterocycles. The molecule has 5 nitrogen and oxygen atoms in total. The van der Waals surface area contributed by atoms with Gasteiger partial charge in [0.05, 0.1) is 17.3 Å². The molecule has 0 aliphatic heterocycles. The Morgan fingerprint density at radius 3 is 1.90 bits per heavy atom. The van der Waals surface area contributed by atoms with Crippen LogP contribution in [0.5, 0.6) is 0 Å². The first-order valence-corrected chi connectivity index (χ1v) is 9.85. The van der Waals surface area contributed by atoms with Crippen molar-refractivity contribution in [3.8, 4) is 6.07 Å². The van der Waals surface area contributed by atoms with Gasteiger partial charge in [0.25, 0.3) is 0 Å². The third-order valence-corrected chi connectivity index (χ3v) is 5.12. The van der Waals surface area contributed by atoms with Crippen LogP contribution in [0.25, 0.3) is 0 Å². The van der Waals surface area contributed by atoms with E-state index in [1.165, 1.54) is 0 Å². The van der Waals surface area contributed by atoms with Crippen LogP contribution in [-0.2, 0) is 0 Å². The van der Waals surface area contributed by atoms with Crippen molar-refractivity contribution in [3.63, 3.8) is 0 Å². The summed E-state index contributed by atoms with van der Waals surface area (Å²) in [5.41, 5.74) is 4.04. The van der Waals surface area contributed by atoms with Gasteiger partial charge in [-0.25, -0.2) is 9.97 Å². The van der Waals surface area contributed by atoms with Crippen molar-refractivity contribution in [3.05, 3.63) is 118 Å². The summed E-state index contributed by atoms with van der Waals surface area (Å²) in [5.74, 6) is -0.352. The van der Waals surface area contributed by atoms with Crippen LogP contribution in [0.4, 0.5) is 0 Å². The Balaban J connectivity index is 1.97. The number of nitrogens with zero attached hydrogens (tertiary/aromatic N) is 5. The Bertz CT molecular complexity index is 1100. The van der Waals surface area contributed by atoms with Crippen molar-refractivity contribution in [1.82, 2.24) is 19.9 Å². The Labute approximate surface area is 177 Å². The molecule has 0 aliphatic rings. The van der Waals surface area contributed by atoms with E-state index in [-0.39, 0.29) is 11.8 Å². The smallest absolute Gasteiger partial charge is 0.140 e. The molecule has 0 N–H and O–H groups in total. The minimum absolute atomic E-state index is 0.124. The van der Waals surface area contributed by atoms with Crippen molar-refractivity contribution in [2.75, 3.05) is 0 Å². The molecule has 0 bridgehead atoms. The summed E-state index contributed by atoms with van der Waals surface area (Å²) in [6.07, 6.45) is 7.23. The van der Waals surface area contributed by atoms with E-state index in [9.17, 15) is 5.26 Å². The number of aromatic nitrogens is 4. The zero-order valence-electron chi connectivity index (χ0n) is 15.4. The van der Waals surface area contributed by atoms with Crippen LogP contribution in [0.1, 0.15) is 40.0 Å². The van der Waals surface area contributed by atoms with Crippen molar-refractivity contribution in [2.24, 2.45) is 0 Å². The van der Waals surface area contributed by atoms with Gasteiger partial charge in [-0.3, -0.25) is 9.97 Å². The second-order valence-corrected chi connectivity index (χ2v) is 7.29. The average molecular weight is 442 g/mol. The Hall–Kier alpha value is -3.43. The van der Waals surface area contributed by atoms with E-state index >= 15 is 0 Å². The SMILES string of the molecule is N#Cc1cccc(C(c2cccc(Br)n2)C(c2cccnc2)c2cccnc2)n1. The molecule has 4 aromatic heterocycles. The van der Waals surface area contributed by atoms with E-state index in [2.05, 4.69) is 37.0 Å². The second kappa shape index (κ2) is 8.72. The van der Waals surface area contributed by atoms with E-state index in [4.69, 9.17) is 4.98 Å². The first-order chi connectivity index (χ1) is 14.3. The molecule has 0 aromatic carbocycles. The number of pyridine rings is 4. The fourth-order valence-electron chi connectivity index (χ4n) is 3.47. The lowest BCUT2D eigenvalue weighted by Crippen LogP contribution is -2.18. The number of nitriles is 1. The molecule has 1 atom stereocenters. The highest BCUT2D eigenvalue weighted by molar-refractivity contribution is 9.10. The molecule has 0 radical (unpaired) electrons. The zero-order chi connectivity index (χ0) is 20.1. The van der Waals surface area contributed by atoms with E-state index in [0.29, 0.717) is 5.69 Å². The van der Waals surface area contributed by atoms with Crippen molar-refractivity contribution in [1.29, 1.82) is 5.26 Å². The normalized spacial score (nSPS) is 11.8. The number of hydrogen-bond donors (Lipinski definition) is 0. The van der Waals surface area contributed by atoms with Crippen LogP contribution < -0.4 is 0 Å². The highest BCUT2D eigenvalue weighted by Crippen LogP contribution is 2.41. The van der Waals surface area contributed by atoms with Gasteiger partial charge in [0.15, 0.2) is 0 Å². The van der Waals surface area contributed by atoms with Crippen LogP contribution >= 0.6 is 15.9 Å². The van der Waals surface area contributed by atoms with Crippen molar-refractivity contribution in [2.45, 2.75) is 11.8 Å². The molecule has 29 heavy (non-hydrogen) atoms. The van der Waals surface area contributed by atoms with Crippen LogP contribution in [0.15, 0.2) is 90.1 Å². The molecule has 4 aromatic rings. The van der Waals surface area contributed by atoms with Gasteiger partial charge in [0, 0.05) is 30.7 Å². The quantitative estimate of drug-likeness (QED) is 0.413. The predicted octanol–water partition coefficient (Wildman–Crippen LogP) is 4.86. The summed E-state index contributed by atoms with van der Waals surface area (Å²) in [4.78, 5) is 18.0. The molecule has 4 rings (SSSR count). The van der Waals surface area contributed by atoms with Crippen molar-refractivity contribution < 1.29 is 0 Å². The van der Waals surface area contributed by atoms with Gasteiger partial charge in [-0.05, 0) is 63.5 Å². The van der Waals surface area contributed by atoms with Crippen LogP contribution in [0.3, 0.4) is 0 Å². The maximum atomic E-state index is 9.38. The summed E-state index contributed by atoms with van der Waals surface area (Å²) in [6.45, 7) is 0. The molecule has 0 fully saturated rings. The Morgan fingerprint density at radius 2 is 1.34 bits per heavy atom. The molecule has 0 saturated carbocycles. The largest absolute Gasteiger partial charge is 0.264 e. The number of rotatable bonds is 5. The average Bonchev–Trinajstić information content (AvgIpc) is 2.78. The minimum atomic E-state index is -0.228. The molecule has 0 aliphatic carbocycles. The van der Waals surface area contributed by atoms with Gasteiger partial charge in [-0.15, -0.1) is 0 Å². The maximum absolute atomic E-state index is 9.38. The molecule has 140 valence electrons. The maximum Gasteiger partial charge on any atom is 0.140 e. The van der Waals surface area contributed by atoms with Gasteiger partial charge in [0.1, 0.15) is 16.4 Å². The highest BCUT2D eigenvalue weighted by Gasteiger charge is 2.31. The number of hydrogen-bond acceptors (Lipinski definition) is 5. The number of halogens is 1. The summed E-state index contributed by atoms with van der Waals surface area (Å²) in [5, 5.41) is 9.38. The molecule has 6 heteroatoms. The fourth-order valence-corrected chi connectivity index (χ4v) is 3.83. The van der Waals surface area contributed by atoms with Gasteiger partial charge in [0.2, 0.25) is 0 Å². The lowest BCUT2D eigenvalue weighted by Gasteiger charge is -2.27. The lowest BCUT2D eigenvalue weighted by atomic mass is 9.78. The van der Waals surface area contributed by atoms with Crippen molar-refractivity contribution >= 4 is 15.9 Å². The standard InChI is InChI=1S/C23H16BrN5/c24-21-10-2-9-20(29-21)23(19-8-1-7-18(13-25)28-19)22(16-5-3-11-26-14-16)17-6-4-12-27-15-17/h1-12,14-15,22-23H. The van der Waals surface area contributed by atoms with Gasteiger partial charge in [-0.1, -0.05) is 24.3 Å². The summed E-state index contributed by atoms with van der Waals surface area (Å²) < 4.78 is 0.743. The summed E-state index contributed by atoms with van der Waals surface area (Å²) in [6, 6.07) is 21.4. The molecular formula is C23H16BrN5. The fraction of sp³-hybridized carbons (Fsp3) is 0.0870. The van der Waals surface area contributed by atoms with E-state index in [1.807, 2.05) is 67.0 Å². The first kappa shape index (κ1) is 18.9. The third-order valence-electron chi connectivity index (χ3n) is 4.68. The molecular weight excluding hydrogens is 426 g/mol. The Kier molecular flexibility index (Phi) is 5.68. The molecule has 0 spiro atoms. The minimum Gasteiger partial charge on any atom is -0.264 e. The summed E-state index contributed by atoms with van der Waals surface area (Å²) in [7, 11) is 0. The van der Waals surface area contributed by atoms with Gasteiger partial charge in [-0.2, -0.15) is 5.26 Å². The lowest BCUT2D eigenvalue weighted by molar-refractivity contribution is 0.650. The predicted molar refractivity (Wildman–Crippen MR) is 113 cm³/mol. The van der Waals surface area contributed by atoms with Gasteiger partial charge < -0.3 is 0 Å². The van der Waals surface area contributed by atoms with E-state index in [1.54, 1.807) is 18.5 Å². The second-order valence-electron chi connectivity index (χ2n) is 6.47. The van der Waals surface area contributed by atoms with E-state index in [0.717, 1.165) is 27.1 Å². The van der Waals surface area contributed by atoms with E-state index < -0.39 is 0 Å². The van der Waals surface area contributed by atoms with Crippen LogP contribution in [0, 0.1) is 11.3 Å². The molecule has 1 unspecified atom stereocenters. The Morgan fingerprint density at radius 1 is 0.724 bits per heavy atom. The third kappa shape index (κ3) is 4.20. The monoisotopic (exact) mass is 441 g/mol. The summed E-state index contributed by atoms with van der Waals surface area (Å²) >= 11 is 3.48. The molecule has 0 amide bonds. The van der Waals surface area contributed by atoms with Crippen LogP contribution in [0.2, 0.25) is 0 Å². The van der Waals surface area contributed by atoms with Gasteiger partial charge >= 0.3 is 0 Å². The van der Waals surface area contributed by atoms with Crippen LogP contribution in [-0.4, -0.2) is 19.9 Å².